The van der Waals surface area contributed by atoms with Gasteiger partial charge in [0.05, 0.1) is 24.1 Å². The molecule has 1 aliphatic carbocycles. The Morgan fingerprint density at radius 3 is 2.51 bits per heavy atom. The number of ether oxygens (including phenoxy) is 1. The van der Waals surface area contributed by atoms with Crippen molar-refractivity contribution >= 4 is 34.0 Å². The van der Waals surface area contributed by atoms with Gasteiger partial charge in [-0.3, -0.25) is 24.6 Å². The second-order valence-corrected chi connectivity index (χ2v) is 13.7. The number of carbonyl (C=O) groups is 2. The molecule has 11 heteroatoms. The van der Waals surface area contributed by atoms with Crippen LogP contribution in [0.15, 0.2) is 85.3 Å². The van der Waals surface area contributed by atoms with Gasteiger partial charge in [-0.05, 0) is 79.8 Å². The Kier molecular flexibility index (Phi) is 9.75. The number of rotatable bonds is 10. The first-order valence-corrected chi connectivity index (χ1v) is 17.3. The van der Waals surface area contributed by atoms with E-state index >= 15 is 0 Å². The molecule has 1 saturated heterocycles. The number of aromatic nitrogens is 5. The van der Waals surface area contributed by atoms with E-state index in [-0.39, 0.29) is 32.4 Å². The Morgan fingerprint density at radius 1 is 0.961 bits per heavy atom. The lowest BCUT2D eigenvalue weighted by molar-refractivity contribution is -0.133. The maximum absolute atomic E-state index is 13.9. The average molecular weight is 685 g/mol. The topological polar surface area (TPSA) is 129 Å². The number of fused-ring (bicyclic) bond motifs is 1. The summed E-state index contributed by atoms with van der Waals surface area (Å²) in [6, 6.07) is 20.0. The number of methoxy groups -OCH3 is 1. The van der Waals surface area contributed by atoms with Crippen molar-refractivity contribution in [2.24, 2.45) is 5.41 Å². The van der Waals surface area contributed by atoms with E-state index in [1.807, 2.05) is 53.6 Å². The fourth-order valence-electron chi connectivity index (χ4n) is 7.24. The highest BCUT2D eigenvalue weighted by Crippen LogP contribution is 2.40. The van der Waals surface area contributed by atoms with E-state index < -0.39 is 5.41 Å². The molecule has 3 aromatic heterocycles. The summed E-state index contributed by atoms with van der Waals surface area (Å²) in [7, 11) is 1.62. The minimum absolute atomic E-state index is 0. The van der Waals surface area contributed by atoms with Crippen LogP contribution in [0.25, 0.3) is 39.1 Å². The Hall–Kier alpha value is -5.26. The summed E-state index contributed by atoms with van der Waals surface area (Å²) in [5.41, 5.74) is 7.15. The Bertz CT molecular complexity index is 2060. The molecule has 5 heterocycles. The smallest absolute Gasteiger partial charge is 0.237 e. The van der Waals surface area contributed by atoms with Gasteiger partial charge in [-0.25, -0.2) is 9.97 Å². The first-order valence-electron chi connectivity index (χ1n) is 17.3. The van der Waals surface area contributed by atoms with Crippen LogP contribution >= 0.6 is 0 Å². The molecule has 2 N–H and O–H groups in total. The van der Waals surface area contributed by atoms with Crippen LogP contribution in [0.3, 0.4) is 0 Å². The normalized spacial score (nSPS) is 19.1. The van der Waals surface area contributed by atoms with E-state index in [0.717, 1.165) is 45.4 Å². The summed E-state index contributed by atoms with van der Waals surface area (Å²) in [6.07, 6.45) is 11.2. The summed E-state index contributed by atoms with van der Waals surface area (Å²) in [5, 5.41) is 11.8. The van der Waals surface area contributed by atoms with Crippen LogP contribution in [0.4, 0.5) is 5.69 Å². The summed E-state index contributed by atoms with van der Waals surface area (Å²) >= 11 is 0. The number of anilines is 1. The van der Waals surface area contributed by atoms with Gasteiger partial charge < -0.3 is 15.0 Å². The molecule has 0 bridgehead atoms. The van der Waals surface area contributed by atoms with Gasteiger partial charge in [0, 0.05) is 79.1 Å². The highest BCUT2D eigenvalue weighted by Gasteiger charge is 2.45. The third-order valence-electron chi connectivity index (χ3n) is 10.2. The predicted octanol–water partition coefficient (Wildman–Crippen LogP) is 6.19. The molecule has 1 saturated carbocycles. The molecule has 3 aliphatic rings. The molecule has 1 atom stereocenters. The van der Waals surface area contributed by atoms with Gasteiger partial charge in [-0.1, -0.05) is 37.8 Å². The number of hydrogen-bond donors (Lipinski definition) is 2. The number of nitrogens with one attached hydrogen (secondary N) is 2. The van der Waals surface area contributed by atoms with Crippen LogP contribution in [-0.2, 0) is 14.3 Å². The standard InChI is InChI=1S/C39H40N8O3.CH4/c1-50-25-39(38(49)43-31-9-10-33-32(22-31)36(45-44-33)30-11-17-40-34(21-30)28-5-6-28)14-20-46(24-39)23-35(48)47-18-12-27(13-19-47)26-3-7-29(8-4-26)37-41-15-2-16-42-37;/h2-4,7-12,15-17,21-22,28H,5-6,13-14,18-20,23-25H2,1H3,(H,43,49)(H,44,45);1H4/t39-;/m1./s1. The monoisotopic (exact) mass is 684 g/mol. The molecule has 8 rings (SSSR count). The molecule has 2 amide bonds. The number of nitrogens with zero attached hydrogens (tertiary/aromatic N) is 6. The zero-order chi connectivity index (χ0) is 34.1. The summed E-state index contributed by atoms with van der Waals surface area (Å²) < 4.78 is 5.60. The second-order valence-electron chi connectivity index (χ2n) is 13.7. The summed E-state index contributed by atoms with van der Waals surface area (Å²) in [6.45, 7) is 2.86. The van der Waals surface area contributed by atoms with Crippen molar-refractivity contribution in [3.8, 4) is 22.6 Å². The zero-order valence-electron chi connectivity index (χ0n) is 28.1. The van der Waals surface area contributed by atoms with E-state index in [9.17, 15) is 9.59 Å². The van der Waals surface area contributed by atoms with Gasteiger partial charge in [0.15, 0.2) is 5.82 Å². The van der Waals surface area contributed by atoms with Crippen molar-refractivity contribution in [3.05, 3.63) is 96.6 Å². The second kappa shape index (κ2) is 14.5. The van der Waals surface area contributed by atoms with E-state index in [4.69, 9.17) is 4.74 Å². The molecular formula is C40H44N8O3. The first-order chi connectivity index (χ1) is 24.5. The molecule has 0 spiro atoms. The molecule has 2 aliphatic heterocycles. The number of likely N-dealkylation sites (tertiary alicyclic amines) is 1. The van der Waals surface area contributed by atoms with Crippen molar-refractivity contribution in [3.63, 3.8) is 0 Å². The van der Waals surface area contributed by atoms with Crippen LogP contribution in [0, 0.1) is 5.41 Å². The van der Waals surface area contributed by atoms with Gasteiger partial charge in [-0.15, -0.1) is 0 Å². The lowest BCUT2D eigenvalue weighted by Gasteiger charge is -2.30. The molecule has 262 valence electrons. The third-order valence-corrected chi connectivity index (χ3v) is 10.2. The van der Waals surface area contributed by atoms with Crippen LogP contribution in [0.1, 0.15) is 50.3 Å². The number of amides is 2. The van der Waals surface area contributed by atoms with Crippen molar-refractivity contribution in [1.82, 2.24) is 34.9 Å². The fraction of sp³-hybridized carbons (Fsp3) is 0.350. The van der Waals surface area contributed by atoms with Crippen molar-refractivity contribution in [2.75, 3.05) is 51.8 Å². The van der Waals surface area contributed by atoms with Crippen molar-refractivity contribution < 1.29 is 14.3 Å². The quantitative estimate of drug-likeness (QED) is 0.178. The molecule has 0 radical (unpaired) electrons. The number of hydrogen-bond acceptors (Lipinski definition) is 8. The molecule has 2 aromatic carbocycles. The van der Waals surface area contributed by atoms with Crippen LogP contribution in [0.5, 0.6) is 0 Å². The van der Waals surface area contributed by atoms with Gasteiger partial charge in [-0.2, -0.15) is 5.10 Å². The number of pyridine rings is 1. The van der Waals surface area contributed by atoms with E-state index in [1.54, 1.807) is 19.5 Å². The number of carbonyl (C=O) groups excluding carboxylic acids is 2. The Balaban J connectivity index is 0.00000406. The maximum Gasteiger partial charge on any atom is 0.237 e. The first kappa shape index (κ1) is 34.2. The minimum Gasteiger partial charge on any atom is -0.384 e. The van der Waals surface area contributed by atoms with Gasteiger partial charge in [0.2, 0.25) is 11.8 Å². The number of aromatic amines is 1. The highest BCUT2D eigenvalue weighted by atomic mass is 16.5. The molecule has 11 nitrogen and oxygen atoms in total. The zero-order valence-corrected chi connectivity index (χ0v) is 28.1. The highest BCUT2D eigenvalue weighted by molar-refractivity contribution is 6.00. The van der Waals surface area contributed by atoms with Crippen molar-refractivity contribution in [1.29, 1.82) is 0 Å². The number of H-pyrrole nitrogens is 1. The molecule has 0 unspecified atom stereocenters. The lowest BCUT2D eigenvalue weighted by Crippen LogP contribution is -2.45. The maximum atomic E-state index is 13.9. The van der Waals surface area contributed by atoms with Gasteiger partial charge >= 0.3 is 0 Å². The summed E-state index contributed by atoms with van der Waals surface area (Å²) in [4.78, 5) is 44.6. The SMILES string of the molecule is C.COC[C@@]1(C(=O)Nc2ccc3[nH]nc(-c4ccnc(C5CC5)c4)c3c2)CCN(CC(=O)N2CC=C(c3ccc(-c4ncccn4)cc3)CC2)C1. The van der Waals surface area contributed by atoms with Crippen LogP contribution in [0.2, 0.25) is 0 Å². The van der Waals surface area contributed by atoms with Crippen LogP contribution < -0.4 is 5.32 Å². The predicted molar refractivity (Wildman–Crippen MR) is 199 cm³/mol. The van der Waals surface area contributed by atoms with Crippen molar-refractivity contribution in [2.45, 2.75) is 39.0 Å². The Labute approximate surface area is 298 Å². The van der Waals surface area contributed by atoms with E-state index in [1.165, 1.54) is 18.4 Å². The van der Waals surface area contributed by atoms with E-state index in [2.05, 4.69) is 59.6 Å². The van der Waals surface area contributed by atoms with Gasteiger partial charge in [0.1, 0.15) is 5.69 Å². The fourth-order valence-corrected chi connectivity index (χ4v) is 7.24. The minimum atomic E-state index is -0.764. The summed E-state index contributed by atoms with van der Waals surface area (Å²) in [5.74, 6) is 1.22. The average Bonchev–Trinajstić information content (AvgIpc) is 3.81. The molecule has 5 aromatic rings. The Morgan fingerprint density at radius 2 is 1.76 bits per heavy atom. The van der Waals surface area contributed by atoms with Gasteiger partial charge in [0.25, 0.3) is 0 Å². The van der Waals surface area contributed by atoms with Crippen LogP contribution in [-0.4, -0.2) is 93.2 Å². The van der Waals surface area contributed by atoms with E-state index in [0.29, 0.717) is 50.0 Å². The molecule has 2 fully saturated rings. The lowest BCUT2D eigenvalue weighted by atomic mass is 9.87. The number of benzene rings is 2. The molecule has 51 heavy (non-hydrogen) atoms. The third kappa shape index (κ3) is 7.17. The molecular weight excluding hydrogens is 640 g/mol. The largest absolute Gasteiger partial charge is 0.384 e.